The summed E-state index contributed by atoms with van der Waals surface area (Å²) >= 11 is 0. The number of hydrogen-bond donors (Lipinski definition) is 0. The van der Waals surface area contributed by atoms with E-state index >= 15 is 0 Å². The van der Waals surface area contributed by atoms with Gasteiger partial charge >= 0.3 is 0 Å². The Morgan fingerprint density at radius 3 is 2.00 bits per heavy atom. The van der Waals surface area contributed by atoms with Crippen LogP contribution in [0.5, 0.6) is 0 Å². The number of anilines is 1. The molecule has 3 fully saturated rings. The molecular weight excluding hydrogens is 420 g/mol. The average Bonchev–Trinajstić information content (AvgIpc) is 3.40. The molecule has 2 aromatic rings. The van der Waals surface area contributed by atoms with Gasteiger partial charge in [-0.15, -0.1) is 0 Å². The number of rotatable bonds is 5. The second kappa shape index (κ2) is 9.49. The zero-order valence-electron chi connectivity index (χ0n) is 18.8. The molecule has 0 amide bonds. The van der Waals surface area contributed by atoms with Crippen molar-refractivity contribution in [2.24, 2.45) is 0 Å². The zero-order valence-corrected chi connectivity index (χ0v) is 19.6. The standard InChI is InChI=1S/C25H34N4O2S/c30-32(31,29-14-4-1-5-15-29)24-11-8-21(9-12-24)22-10-13-25(26-20-22)28-18-16-27(17-19-28)23-6-2-3-7-23/h8-13,20,23H,1-7,14-19H2. The zero-order chi connectivity index (χ0) is 22.0. The van der Waals surface area contributed by atoms with Crippen LogP contribution < -0.4 is 4.90 Å². The first kappa shape index (κ1) is 21.9. The van der Waals surface area contributed by atoms with Crippen molar-refractivity contribution in [3.63, 3.8) is 0 Å². The van der Waals surface area contributed by atoms with Crippen LogP contribution in [0.4, 0.5) is 5.82 Å². The van der Waals surface area contributed by atoms with Crippen molar-refractivity contribution in [1.29, 1.82) is 0 Å². The second-order valence-corrected chi connectivity index (χ2v) is 11.3. The Kier molecular flexibility index (Phi) is 6.49. The molecule has 0 radical (unpaired) electrons. The van der Waals surface area contributed by atoms with Gasteiger partial charge in [-0.25, -0.2) is 13.4 Å². The number of nitrogens with zero attached hydrogens (tertiary/aromatic N) is 4. The molecule has 7 heteroatoms. The van der Waals surface area contributed by atoms with Crippen LogP contribution in [0.3, 0.4) is 0 Å². The van der Waals surface area contributed by atoms with E-state index in [4.69, 9.17) is 4.98 Å². The minimum absolute atomic E-state index is 0.382. The molecule has 6 nitrogen and oxygen atoms in total. The molecule has 1 aromatic carbocycles. The summed E-state index contributed by atoms with van der Waals surface area (Å²) in [5.41, 5.74) is 2.01. The van der Waals surface area contributed by atoms with E-state index in [0.29, 0.717) is 18.0 Å². The predicted molar refractivity (Wildman–Crippen MR) is 128 cm³/mol. The van der Waals surface area contributed by atoms with Crippen LogP contribution in [-0.4, -0.2) is 67.9 Å². The van der Waals surface area contributed by atoms with Crippen molar-refractivity contribution in [3.05, 3.63) is 42.6 Å². The monoisotopic (exact) mass is 454 g/mol. The summed E-state index contributed by atoms with van der Waals surface area (Å²) in [6, 6.07) is 12.2. The van der Waals surface area contributed by atoms with Gasteiger partial charge in [-0.05, 0) is 55.5 Å². The second-order valence-electron chi connectivity index (χ2n) is 9.36. The first-order chi connectivity index (χ1) is 15.6. The van der Waals surface area contributed by atoms with Crippen LogP contribution in [0, 0.1) is 0 Å². The molecule has 2 saturated heterocycles. The normalized spacial score (nSPS) is 21.8. The highest BCUT2D eigenvalue weighted by Gasteiger charge is 2.27. The fourth-order valence-corrected chi connectivity index (χ4v) is 6.92. The van der Waals surface area contributed by atoms with Crippen molar-refractivity contribution in [3.8, 4) is 11.1 Å². The van der Waals surface area contributed by atoms with E-state index in [1.165, 1.54) is 25.7 Å². The summed E-state index contributed by atoms with van der Waals surface area (Å²) in [6.45, 7) is 5.58. The Balaban J connectivity index is 1.22. The van der Waals surface area contributed by atoms with E-state index in [2.05, 4.69) is 21.9 Å². The van der Waals surface area contributed by atoms with E-state index in [-0.39, 0.29) is 0 Å². The lowest BCUT2D eigenvalue weighted by atomic mass is 10.1. The van der Waals surface area contributed by atoms with Crippen LogP contribution >= 0.6 is 0 Å². The minimum atomic E-state index is -3.39. The smallest absolute Gasteiger partial charge is 0.243 e. The number of hydrogen-bond acceptors (Lipinski definition) is 5. The van der Waals surface area contributed by atoms with E-state index < -0.39 is 10.0 Å². The molecule has 1 saturated carbocycles. The van der Waals surface area contributed by atoms with Crippen molar-refractivity contribution in [1.82, 2.24) is 14.2 Å². The van der Waals surface area contributed by atoms with Crippen LogP contribution in [0.15, 0.2) is 47.5 Å². The van der Waals surface area contributed by atoms with Crippen LogP contribution in [0.2, 0.25) is 0 Å². The molecule has 1 aliphatic carbocycles. The predicted octanol–water partition coefficient (Wildman–Crippen LogP) is 3.99. The number of piperidine rings is 1. The van der Waals surface area contributed by atoms with Gasteiger partial charge in [-0.3, -0.25) is 4.90 Å². The van der Waals surface area contributed by atoms with Gasteiger partial charge in [0.1, 0.15) is 5.82 Å². The quantitative estimate of drug-likeness (QED) is 0.684. The Morgan fingerprint density at radius 2 is 1.38 bits per heavy atom. The van der Waals surface area contributed by atoms with E-state index in [1.54, 1.807) is 16.4 Å². The van der Waals surface area contributed by atoms with Gasteiger partial charge in [0.2, 0.25) is 10.0 Å². The van der Waals surface area contributed by atoms with Crippen molar-refractivity contribution >= 4 is 15.8 Å². The van der Waals surface area contributed by atoms with Crippen molar-refractivity contribution in [2.45, 2.75) is 55.9 Å². The summed E-state index contributed by atoms with van der Waals surface area (Å²) in [7, 11) is -3.39. The third-order valence-electron chi connectivity index (χ3n) is 7.37. The highest BCUT2D eigenvalue weighted by Crippen LogP contribution is 2.27. The number of sulfonamides is 1. The van der Waals surface area contributed by atoms with Crippen LogP contribution in [-0.2, 0) is 10.0 Å². The highest BCUT2D eigenvalue weighted by atomic mass is 32.2. The van der Waals surface area contributed by atoms with Gasteiger partial charge in [0, 0.05) is 57.1 Å². The molecule has 0 spiro atoms. The molecule has 0 N–H and O–H groups in total. The molecule has 0 unspecified atom stereocenters. The fourth-order valence-electron chi connectivity index (χ4n) is 5.40. The number of benzene rings is 1. The van der Waals surface area contributed by atoms with Crippen molar-refractivity contribution < 1.29 is 8.42 Å². The molecule has 0 atom stereocenters. The molecule has 3 heterocycles. The summed E-state index contributed by atoms with van der Waals surface area (Å²) in [4.78, 5) is 10.2. The third kappa shape index (κ3) is 4.56. The molecule has 172 valence electrons. The Labute approximate surface area is 192 Å². The van der Waals surface area contributed by atoms with E-state index in [9.17, 15) is 8.42 Å². The van der Waals surface area contributed by atoms with Crippen LogP contribution in [0.1, 0.15) is 44.9 Å². The lowest BCUT2D eigenvalue weighted by molar-refractivity contribution is 0.187. The number of aromatic nitrogens is 1. The molecule has 2 aliphatic heterocycles. The SMILES string of the molecule is O=S(=O)(c1ccc(-c2ccc(N3CCN(C4CCCC4)CC3)nc2)cc1)N1CCCCC1. The fraction of sp³-hybridized carbons (Fsp3) is 0.560. The van der Waals surface area contributed by atoms with Gasteiger partial charge < -0.3 is 4.90 Å². The Bertz CT molecular complexity index is 987. The first-order valence-corrected chi connectivity index (χ1v) is 13.6. The molecule has 0 bridgehead atoms. The summed E-state index contributed by atoms with van der Waals surface area (Å²) in [6.07, 6.45) is 10.4. The Hall–Kier alpha value is -1.96. The molecule has 1 aromatic heterocycles. The number of pyridine rings is 1. The lowest BCUT2D eigenvalue weighted by Gasteiger charge is -2.38. The molecule has 32 heavy (non-hydrogen) atoms. The molecular formula is C25H34N4O2S. The molecule has 5 rings (SSSR count). The summed E-state index contributed by atoms with van der Waals surface area (Å²) < 4.78 is 27.4. The maximum absolute atomic E-state index is 12.9. The van der Waals surface area contributed by atoms with Gasteiger partial charge in [0.25, 0.3) is 0 Å². The third-order valence-corrected chi connectivity index (χ3v) is 9.28. The summed E-state index contributed by atoms with van der Waals surface area (Å²) in [5.74, 6) is 1.03. The Morgan fingerprint density at radius 1 is 0.719 bits per heavy atom. The van der Waals surface area contributed by atoms with Gasteiger partial charge in [0.05, 0.1) is 4.90 Å². The first-order valence-electron chi connectivity index (χ1n) is 12.2. The maximum atomic E-state index is 12.9. The average molecular weight is 455 g/mol. The van der Waals surface area contributed by atoms with Gasteiger partial charge in [-0.1, -0.05) is 31.4 Å². The minimum Gasteiger partial charge on any atom is -0.354 e. The lowest BCUT2D eigenvalue weighted by Crippen LogP contribution is -2.49. The largest absolute Gasteiger partial charge is 0.354 e. The van der Waals surface area contributed by atoms with Gasteiger partial charge in [0.15, 0.2) is 0 Å². The van der Waals surface area contributed by atoms with Gasteiger partial charge in [-0.2, -0.15) is 4.31 Å². The highest BCUT2D eigenvalue weighted by molar-refractivity contribution is 7.89. The maximum Gasteiger partial charge on any atom is 0.243 e. The van der Waals surface area contributed by atoms with Crippen molar-refractivity contribution in [2.75, 3.05) is 44.2 Å². The van der Waals surface area contributed by atoms with E-state index in [1.807, 2.05) is 18.3 Å². The number of piperazine rings is 1. The molecule has 3 aliphatic rings. The summed E-state index contributed by atoms with van der Waals surface area (Å²) in [5, 5.41) is 0. The topological polar surface area (TPSA) is 56.8 Å². The van der Waals surface area contributed by atoms with E-state index in [0.717, 1.165) is 68.4 Å². The van der Waals surface area contributed by atoms with Crippen LogP contribution in [0.25, 0.3) is 11.1 Å².